The molecule has 0 spiro atoms. The van der Waals surface area contributed by atoms with Gasteiger partial charge in [0.2, 0.25) is 15.9 Å². The number of carbonyl (C=O) groups is 1. The van der Waals surface area contributed by atoms with Crippen LogP contribution in [-0.2, 0) is 32.6 Å². The average Bonchev–Trinajstić information content (AvgIpc) is 2.80. The molecular formula is C26H39N3O5S. The first-order valence-corrected chi connectivity index (χ1v) is 13.1. The van der Waals surface area contributed by atoms with Gasteiger partial charge in [0.25, 0.3) is 0 Å². The maximum atomic E-state index is 13.1. The third-order valence-electron chi connectivity index (χ3n) is 5.70. The van der Waals surface area contributed by atoms with Crippen molar-refractivity contribution in [3.05, 3.63) is 58.7 Å². The lowest BCUT2D eigenvalue weighted by Gasteiger charge is -2.21. The maximum Gasteiger partial charge on any atom is 0.248 e. The molecule has 35 heavy (non-hydrogen) atoms. The van der Waals surface area contributed by atoms with Crippen molar-refractivity contribution >= 4 is 15.9 Å². The van der Waals surface area contributed by atoms with E-state index in [2.05, 4.69) is 31.3 Å². The molecule has 1 amide bonds. The van der Waals surface area contributed by atoms with Crippen LogP contribution in [0.15, 0.2) is 41.3 Å². The van der Waals surface area contributed by atoms with E-state index in [9.17, 15) is 13.2 Å². The molecule has 0 aromatic heterocycles. The Balaban J connectivity index is 1.82. The van der Waals surface area contributed by atoms with Gasteiger partial charge in [0, 0.05) is 39.8 Å². The molecule has 0 aliphatic heterocycles. The van der Waals surface area contributed by atoms with E-state index in [0.717, 1.165) is 12.1 Å². The Morgan fingerprint density at radius 2 is 1.60 bits per heavy atom. The number of nitrogens with zero attached hydrogens (tertiary/aromatic N) is 2. The second kappa shape index (κ2) is 13.0. The van der Waals surface area contributed by atoms with Crippen molar-refractivity contribution in [2.45, 2.75) is 51.7 Å². The topological polar surface area (TPSA) is 88.2 Å². The van der Waals surface area contributed by atoms with E-state index in [-0.39, 0.29) is 30.6 Å². The minimum atomic E-state index is -3.70. The highest BCUT2D eigenvalue weighted by molar-refractivity contribution is 7.89. The van der Waals surface area contributed by atoms with Crippen molar-refractivity contribution in [1.29, 1.82) is 0 Å². The van der Waals surface area contributed by atoms with Crippen LogP contribution in [0.2, 0.25) is 0 Å². The highest BCUT2D eigenvalue weighted by Gasteiger charge is 2.25. The van der Waals surface area contributed by atoms with E-state index in [1.807, 2.05) is 12.1 Å². The zero-order valence-corrected chi connectivity index (χ0v) is 22.7. The van der Waals surface area contributed by atoms with Crippen LogP contribution < -0.4 is 10.1 Å². The van der Waals surface area contributed by atoms with Gasteiger partial charge in [0.1, 0.15) is 12.4 Å². The summed E-state index contributed by atoms with van der Waals surface area (Å²) in [4.78, 5) is 14.3. The van der Waals surface area contributed by atoms with Crippen molar-refractivity contribution in [1.82, 2.24) is 14.5 Å². The molecule has 8 nitrogen and oxygen atoms in total. The van der Waals surface area contributed by atoms with E-state index in [4.69, 9.17) is 9.47 Å². The van der Waals surface area contributed by atoms with Gasteiger partial charge in [-0.25, -0.2) is 8.42 Å². The Morgan fingerprint density at radius 3 is 2.14 bits per heavy atom. The fourth-order valence-corrected chi connectivity index (χ4v) is 5.18. The van der Waals surface area contributed by atoms with Gasteiger partial charge < -0.3 is 19.7 Å². The molecule has 0 saturated heterocycles. The number of hydrogen-bond donors (Lipinski definition) is 1. The minimum absolute atomic E-state index is 0.110. The quantitative estimate of drug-likeness (QED) is 0.421. The molecule has 0 bridgehead atoms. The van der Waals surface area contributed by atoms with Crippen LogP contribution in [0.3, 0.4) is 0 Å². The van der Waals surface area contributed by atoms with Gasteiger partial charge in [-0.3, -0.25) is 4.79 Å². The molecule has 0 atom stereocenters. The second-order valence-electron chi connectivity index (χ2n) is 9.07. The fourth-order valence-electron chi connectivity index (χ4n) is 3.62. The summed E-state index contributed by atoms with van der Waals surface area (Å²) < 4.78 is 38.1. The molecule has 0 aliphatic carbocycles. The van der Waals surface area contributed by atoms with Gasteiger partial charge in [-0.1, -0.05) is 38.1 Å². The van der Waals surface area contributed by atoms with E-state index in [0.29, 0.717) is 29.5 Å². The number of carbonyl (C=O) groups excluding carboxylic acids is 1. The minimum Gasteiger partial charge on any atom is -0.497 e. The first-order chi connectivity index (χ1) is 16.4. The molecule has 0 heterocycles. The van der Waals surface area contributed by atoms with Crippen LogP contribution in [0, 0.1) is 13.8 Å². The molecule has 0 aliphatic rings. The summed E-state index contributed by atoms with van der Waals surface area (Å²) in [6.45, 7) is 9.13. The molecular weight excluding hydrogens is 466 g/mol. The standard InChI is InChI=1S/C26H39N3O5S/c1-19(2)27-16-22-8-10-23(11-9-22)17-28(5)25(30)18-34-13-12-29(6)35(31,32)26-20(3)14-24(33-7)15-21(26)4/h8-11,14-15,19,27H,12-13,16-18H2,1-7H3. The molecule has 1 N–H and O–H groups in total. The predicted molar refractivity (Wildman–Crippen MR) is 138 cm³/mol. The lowest BCUT2D eigenvalue weighted by atomic mass is 10.1. The lowest BCUT2D eigenvalue weighted by molar-refractivity contribution is -0.135. The molecule has 0 saturated carbocycles. The summed E-state index contributed by atoms with van der Waals surface area (Å²) in [5, 5.41) is 3.38. The number of aryl methyl sites for hydroxylation is 2. The number of benzene rings is 2. The van der Waals surface area contributed by atoms with Crippen LogP contribution in [0.4, 0.5) is 0 Å². The lowest BCUT2D eigenvalue weighted by Crippen LogP contribution is -2.33. The predicted octanol–water partition coefficient (Wildman–Crippen LogP) is 3.11. The van der Waals surface area contributed by atoms with Crippen molar-refractivity contribution in [3.8, 4) is 5.75 Å². The summed E-state index contributed by atoms with van der Waals surface area (Å²) in [5.41, 5.74) is 3.47. The van der Waals surface area contributed by atoms with E-state index >= 15 is 0 Å². The Morgan fingerprint density at radius 1 is 1.03 bits per heavy atom. The fraction of sp³-hybridized carbons (Fsp3) is 0.500. The number of sulfonamides is 1. The second-order valence-corrected chi connectivity index (χ2v) is 11.1. The molecule has 0 unspecified atom stereocenters. The summed E-state index contributed by atoms with van der Waals surface area (Å²) >= 11 is 0. The highest BCUT2D eigenvalue weighted by atomic mass is 32.2. The largest absolute Gasteiger partial charge is 0.497 e. The molecule has 2 aromatic carbocycles. The summed E-state index contributed by atoms with van der Waals surface area (Å²) in [7, 11) is 1.09. The number of ether oxygens (including phenoxy) is 2. The van der Waals surface area contributed by atoms with Crippen LogP contribution in [0.25, 0.3) is 0 Å². The molecule has 2 aromatic rings. The number of amides is 1. The molecule has 0 radical (unpaired) electrons. The van der Waals surface area contributed by atoms with Gasteiger partial charge in [0.15, 0.2) is 0 Å². The first-order valence-electron chi connectivity index (χ1n) is 11.7. The van der Waals surface area contributed by atoms with Gasteiger partial charge >= 0.3 is 0 Å². The third-order valence-corrected chi connectivity index (χ3v) is 7.86. The van der Waals surface area contributed by atoms with Crippen molar-refractivity contribution < 1.29 is 22.7 Å². The Kier molecular flexibility index (Phi) is 10.7. The third kappa shape index (κ3) is 8.31. The first kappa shape index (κ1) is 28.8. The summed E-state index contributed by atoms with van der Waals surface area (Å²) in [6, 6.07) is 12.0. The average molecular weight is 506 g/mol. The van der Waals surface area contributed by atoms with Gasteiger partial charge in [-0.05, 0) is 48.2 Å². The normalized spacial score (nSPS) is 11.8. The summed E-state index contributed by atoms with van der Waals surface area (Å²) in [5.74, 6) is 0.453. The number of nitrogens with one attached hydrogen (secondary N) is 1. The van der Waals surface area contributed by atoms with Crippen LogP contribution in [0.5, 0.6) is 5.75 Å². The van der Waals surface area contributed by atoms with Crippen molar-refractivity contribution in [2.75, 3.05) is 41.0 Å². The van der Waals surface area contributed by atoms with Gasteiger partial charge in [0.05, 0.1) is 18.6 Å². The molecule has 2 rings (SSSR count). The van der Waals surface area contributed by atoms with E-state index in [1.165, 1.54) is 16.9 Å². The van der Waals surface area contributed by atoms with E-state index in [1.54, 1.807) is 45.0 Å². The smallest absolute Gasteiger partial charge is 0.248 e. The maximum absolute atomic E-state index is 13.1. The Bertz CT molecular complexity index is 1060. The van der Waals surface area contributed by atoms with Gasteiger partial charge in [-0.15, -0.1) is 0 Å². The zero-order valence-electron chi connectivity index (χ0n) is 21.9. The zero-order chi connectivity index (χ0) is 26.2. The van der Waals surface area contributed by atoms with Crippen molar-refractivity contribution in [3.63, 3.8) is 0 Å². The van der Waals surface area contributed by atoms with Crippen LogP contribution in [-0.4, -0.2) is 70.5 Å². The number of methoxy groups -OCH3 is 1. The van der Waals surface area contributed by atoms with E-state index < -0.39 is 10.0 Å². The summed E-state index contributed by atoms with van der Waals surface area (Å²) in [6.07, 6.45) is 0. The molecule has 194 valence electrons. The monoisotopic (exact) mass is 505 g/mol. The highest BCUT2D eigenvalue weighted by Crippen LogP contribution is 2.27. The van der Waals surface area contributed by atoms with Crippen molar-refractivity contribution in [2.24, 2.45) is 0 Å². The molecule has 9 heteroatoms. The number of rotatable bonds is 13. The Hall–Kier alpha value is -2.46. The SMILES string of the molecule is COc1cc(C)c(S(=O)(=O)N(C)CCOCC(=O)N(C)Cc2ccc(CNC(C)C)cc2)c(C)c1. The van der Waals surface area contributed by atoms with Crippen LogP contribution >= 0.6 is 0 Å². The Labute approximate surface area is 210 Å². The number of hydrogen-bond acceptors (Lipinski definition) is 6. The van der Waals surface area contributed by atoms with Gasteiger partial charge in [-0.2, -0.15) is 4.31 Å². The number of likely N-dealkylation sites (N-methyl/N-ethyl adjacent to an activating group) is 2. The van der Waals surface area contributed by atoms with Crippen LogP contribution in [0.1, 0.15) is 36.1 Å². The molecule has 0 fully saturated rings.